The minimum absolute atomic E-state index is 0.0723. The van der Waals surface area contributed by atoms with Crippen molar-refractivity contribution in [3.8, 4) is 5.75 Å². The zero-order chi connectivity index (χ0) is 20.5. The number of rotatable bonds is 4. The van der Waals surface area contributed by atoms with E-state index in [1.54, 1.807) is 19.9 Å². The van der Waals surface area contributed by atoms with Crippen LogP contribution < -0.4 is 5.32 Å². The fourth-order valence-corrected chi connectivity index (χ4v) is 2.79. The highest BCUT2D eigenvalue weighted by molar-refractivity contribution is 6.06. The second-order valence-electron chi connectivity index (χ2n) is 6.12. The molecule has 0 fully saturated rings. The number of hydrogen-bond donors (Lipinski definition) is 2. The van der Waals surface area contributed by atoms with Crippen molar-refractivity contribution in [3.63, 3.8) is 0 Å². The number of nitrogens with zero attached hydrogens (tertiary/aromatic N) is 1. The molecule has 0 aliphatic rings. The Morgan fingerprint density at radius 2 is 1.96 bits per heavy atom. The summed E-state index contributed by atoms with van der Waals surface area (Å²) >= 11 is 0. The Morgan fingerprint density at radius 1 is 1.21 bits per heavy atom. The summed E-state index contributed by atoms with van der Waals surface area (Å²) in [6.45, 7) is 3.54. The van der Waals surface area contributed by atoms with Crippen LogP contribution in [0.2, 0.25) is 0 Å². The summed E-state index contributed by atoms with van der Waals surface area (Å²) in [6.07, 6.45) is -3.31. The number of esters is 1. The van der Waals surface area contributed by atoms with Crippen molar-refractivity contribution in [1.29, 1.82) is 0 Å². The first-order valence-electron chi connectivity index (χ1n) is 8.44. The van der Waals surface area contributed by atoms with Gasteiger partial charge in [0.1, 0.15) is 11.3 Å². The SMILES string of the molecule is CCOC(=O)c1cnc2cc(C(F)(F)F)ccc2c1Nc1ccc(O)cc1C. The number of ether oxygens (including phenoxy) is 1. The molecule has 0 aliphatic carbocycles. The van der Waals surface area contributed by atoms with Crippen LogP contribution in [0.5, 0.6) is 5.75 Å². The molecule has 3 rings (SSSR count). The number of fused-ring (bicyclic) bond motifs is 1. The van der Waals surface area contributed by atoms with Gasteiger partial charge in [0.05, 0.1) is 23.4 Å². The molecular weight excluding hydrogens is 373 g/mol. The van der Waals surface area contributed by atoms with Crippen LogP contribution in [0.4, 0.5) is 24.5 Å². The normalized spacial score (nSPS) is 11.5. The van der Waals surface area contributed by atoms with E-state index in [1.807, 2.05) is 0 Å². The number of anilines is 2. The lowest BCUT2D eigenvalue weighted by Gasteiger charge is -2.16. The molecule has 8 heteroatoms. The summed E-state index contributed by atoms with van der Waals surface area (Å²) in [5.74, 6) is -0.571. The molecule has 0 spiro atoms. The number of halogens is 3. The average molecular weight is 390 g/mol. The fraction of sp³-hybridized carbons (Fsp3) is 0.200. The van der Waals surface area contributed by atoms with Crippen molar-refractivity contribution in [3.05, 3.63) is 59.3 Å². The predicted octanol–water partition coefficient (Wildman–Crippen LogP) is 5.19. The predicted molar refractivity (Wildman–Crippen MR) is 98.8 cm³/mol. The number of nitrogens with one attached hydrogen (secondary N) is 1. The zero-order valence-corrected chi connectivity index (χ0v) is 15.1. The Morgan fingerprint density at radius 3 is 2.61 bits per heavy atom. The van der Waals surface area contributed by atoms with Gasteiger partial charge in [-0.1, -0.05) is 6.07 Å². The largest absolute Gasteiger partial charge is 0.508 e. The van der Waals surface area contributed by atoms with Crippen LogP contribution in [-0.4, -0.2) is 22.7 Å². The molecule has 0 radical (unpaired) electrons. The third-order valence-corrected chi connectivity index (χ3v) is 4.16. The number of carbonyl (C=O) groups is 1. The first-order valence-corrected chi connectivity index (χ1v) is 8.44. The van der Waals surface area contributed by atoms with Gasteiger partial charge in [0, 0.05) is 17.3 Å². The van der Waals surface area contributed by atoms with Crippen LogP contribution in [0.25, 0.3) is 10.9 Å². The minimum atomic E-state index is -4.50. The molecule has 0 amide bonds. The lowest BCUT2D eigenvalue weighted by atomic mass is 10.1. The summed E-state index contributed by atoms with van der Waals surface area (Å²) in [5, 5.41) is 13.0. The second-order valence-corrected chi connectivity index (χ2v) is 6.12. The Hall–Kier alpha value is -3.29. The van der Waals surface area contributed by atoms with Gasteiger partial charge in [-0.2, -0.15) is 13.2 Å². The number of carbonyl (C=O) groups excluding carboxylic acids is 1. The maximum atomic E-state index is 13.0. The minimum Gasteiger partial charge on any atom is -0.508 e. The van der Waals surface area contributed by atoms with Crippen LogP contribution >= 0.6 is 0 Å². The molecule has 146 valence electrons. The molecule has 2 N–H and O–H groups in total. The summed E-state index contributed by atoms with van der Waals surface area (Å²) in [6, 6.07) is 7.73. The average Bonchev–Trinajstić information content (AvgIpc) is 2.63. The van der Waals surface area contributed by atoms with Gasteiger partial charge < -0.3 is 15.2 Å². The first-order chi connectivity index (χ1) is 13.2. The third-order valence-electron chi connectivity index (χ3n) is 4.16. The van der Waals surface area contributed by atoms with Crippen LogP contribution in [-0.2, 0) is 10.9 Å². The van der Waals surface area contributed by atoms with Crippen molar-refractivity contribution in [1.82, 2.24) is 4.98 Å². The van der Waals surface area contributed by atoms with Gasteiger partial charge in [-0.3, -0.25) is 4.98 Å². The second kappa shape index (κ2) is 7.38. The Balaban J connectivity index is 2.19. The van der Waals surface area contributed by atoms with E-state index < -0.39 is 17.7 Å². The van der Waals surface area contributed by atoms with Gasteiger partial charge >= 0.3 is 12.1 Å². The topological polar surface area (TPSA) is 71.5 Å². The smallest absolute Gasteiger partial charge is 0.416 e. The van der Waals surface area contributed by atoms with Crippen LogP contribution in [0.3, 0.4) is 0 Å². The van der Waals surface area contributed by atoms with Gasteiger partial charge in [-0.15, -0.1) is 0 Å². The number of phenols is 1. The maximum Gasteiger partial charge on any atom is 0.416 e. The maximum absolute atomic E-state index is 13.0. The van der Waals surface area contributed by atoms with E-state index in [9.17, 15) is 23.1 Å². The molecular formula is C20H17F3N2O3. The number of phenolic OH excluding ortho intramolecular Hbond substituents is 1. The van der Waals surface area contributed by atoms with Crippen molar-refractivity contribution in [2.75, 3.05) is 11.9 Å². The number of hydrogen-bond acceptors (Lipinski definition) is 5. The van der Waals surface area contributed by atoms with Gasteiger partial charge in [0.15, 0.2) is 0 Å². The highest BCUT2D eigenvalue weighted by Gasteiger charge is 2.31. The van der Waals surface area contributed by atoms with Gasteiger partial charge in [0.2, 0.25) is 0 Å². The summed E-state index contributed by atoms with van der Waals surface area (Å²) < 4.78 is 44.1. The molecule has 3 aromatic rings. The van der Waals surface area contributed by atoms with E-state index in [1.165, 1.54) is 24.4 Å². The Labute approximate surface area is 158 Å². The number of aryl methyl sites for hydroxylation is 1. The Bertz CT molecular complexity index is 1050. The van der Waals surface area contributed by atoms with Gasteiger partial charge in [-0.05, 0) is 49.7 Å². The van der Waals surface area contributed by atoms with E-state index in [2.05, 4.69) is 10.3 Å². The van der Waals surface area contributed by atoms with Crippen LogP contribution in [0.1, 0.15) is 28.4 Å². The lowest BCUT2D eigenvalue weighted by Crippen LogP contribution is -2.10. The lowest BCUT2D eigenvalue weighted by molar-refractivity contribution is -0.137. The number of aromatic hydroxyl groups is 1. The van der Waals surface area contributed by atoms with E-state index in [4.69, 9.17) is 4.74 Å². The van der Waals surface area contributed by atoms with Gasteiger partial charge in [-0.25, -0.2) is 4.79 Å². The first kappa shape index (κ1) is 19.5. The molecule has 28 heavy (non-hydrogen) atoms. The zero-order valence-electron chi connectivity index (χ0n) is 15.1. The Kier molecular flexibility index (Phi) is 5.13. The quantitative estimate of drug-likeness (QED) is 0.474. The van der Waals surface area contributed by atoms with Gasteiger partial charge in [0.25, 0.3) is 0 Å². The highest BCUT2D eigenvalue weighted by Crippen LogP contribution is 2.35. The summed E-state index contributed by atoms with van der Waals surface area (Å²) in [5.41, 5.74) is 0.903. The monoisotopic (exact) mass is 390 g/mol. The molecule has 1 aromatic heterocycles. The molecule has 0 unspecified atom stereocenters. The van der Waals surface area contributed by atoms with Crippen molar-refractivity contribution >= 4 is 28.2 Å². The molecule has 5 nitrogen and oxygen atoms in total. The summed E-state index contributed by atoms with van der Waals surface area (Å²) in [7, 11) is 0. The standard InChI is InChI=1S/C20H17F3N2O3/c1-3-28-19(27)15-10-24-17-9-12(20(21,22)23)4-6-14(17)18(15)25-16-7-5-13(26)8-11(16)2/h4-10,26H,3H2,1-2H3,(H,24,25). The van der Waals surface area contributed by atoms with Crippen LogP contribution in [0, 0.1) is 6.92 Å². The van der Waals surface area contributed by atoms with E-state index >= 15 is 0 Å². The number of alkyl halides is 3. The molecule has 1 heterocycles. The third kappa shape index (κ3) is 3.85. The van der Waals surface area contributed by atoms with E-state index in [-0.39, 0.29) is 29.1 Å². The number of benzene rings is 2. The highest BCUT2D eigenvalue weighted by atomic mass is 19.4. The van der Waals surface area contributed by atoms with E-state index in [0.717, 1.165) is 12.1 Å². The molecule has 2 aromatic carbocycles. The van der Waals surface area contributed by atoms with Crippen molar-refractivity contribution < 1.29 is 27.8 Å². The van der Waals surface area contributed by atoms with Crippen molar-refractivity contribution in [2.24, 2.45) is 0 Å². The molecule has 0 bridgehead atoms. The number of aromatic nitrogens is 1. The molecule has 0 saturated carbocycles. The van der Waals surface area contributed by atoms with Crippen LogP contribution in [0.15, 0.2) is 42.6 Å². The molecule has 0 saturated heterocycles. The molecule has 0 aliphatic heterocycles. The number of pyridine rings is 1. The van der Waals surface area contributed by atoms with E-state index in [0.29, 0.717) is 16.6 Å². The van der Waals surface area contributed by atoms with Crippen molar-refractivity contribution in [2.45, 2.75) is 20.0 Å². The summed E-state index contributed by atoms with van der Waals surface area (Å²) in [4.78, 5) is 16.4. The molecule has 0 atom stereocenters. The fourth-order valence-electron chi connectivity index (χ4n) is 2.79.